The second kappa shape index (κ2) is 7.71. The van der Waals surface area contributed by atoms with E-state index in [1.807, 2.05) is 45.0 Å². The fourth-order valence-electron chi connectivity index (χ4n) is 1.44. The van der Waals surface area contributed by atoms with Crippen molar-refractivity contribution >= 4 is 27.5 Å². The maximum atomic E-state index is 11.9. The van der Waals surface area contributed by atoms with Crippen molar-refractivity contribution in [1.82, 2.24) is 5.32 Å². The zero-order valence-corrected chi connectivity index (χ0v) is 13.4. The van der Waals surface area contributed by atoms with Gasteiger partial charge in [-0.1, -0.05) is 13.0 Å². The van der Waals surface area contributed by atoms with Crippen molar-refractivity contribution in [2.24, 2.45) is 0 Å². The number of nitrogens with zero attached hydrogens (tertiary/aromatic N) is 1. The Morgan fingerprint density at radius 2 is 2.25 bits per heavy atom. The maximum absolute atomic E-state index is 11.9. The molecule has 106 valence electrons. The molecular weight excluding hydrogens is 318 g/mol. The number of amides is 1. The van der Waals surface area contributed by atoms with E-state index in [-0.39, 0.29) is 17.5 Å². The molecule has 0 fully saturated rings. The molecule has 0 saturated carbocycles. The van der Waals surface area contributed by atoms with E-state index >= 15 is 0 Å². The number of nitrogens with one attached hydrogen (secondary N) is 2. The Morgan fingerprint density at radius 1 is 1.55 bits per heavy atom. The Bertz CT molecular complexity index is 561. The van der Waals surface area contributed by atoms with E-state index in [4.69, 9.17) is 5.26 Å². The number of carbonyl (C=O) groups excluding carboxylic acids is 1. The van der Waals surface area contributed by atoms with Crippen LogP contribution in [0.2, 0.25) is 0 Å². The van der Waals surface area contributed by atoms with Crippen molar-refractivity contribution in [3.63, 3.8) is 0 Å². The Morgan fingerprint density at radius 3 is 2.80 bits per heavy atom. The summed E-state index contributed by atoms with van der Waals surface area (Å²) < 4.78 is 0.883. The summed E-state index contributed by atoms with van der Waals surface area (Å²) in [5, 5.41) is 14.8. The van der Waals surface area contributed by atoms with E-state index < -0.39 is 0 Å². The van der Waals surface area contributed by atoms with E-state index in [9.17, 15) is 4.79 Å². The van der Waals surface area contributed by atoms with Gasteiger partial charge >= 0.3 is 0 Å². The summed E-state index contributed by atoms with van der Waals surface area (Å²) in [7, 11) is 0. The SMILES string of the molecule is CCC(C)NC(=O)/C(C#N)=C\Nc1ccc(C)cc1Br. The smallest absolute Gasteiger partial charge is 0.263 e. The zero-order chi connectivity index (χ0) is 15.1. The maximum Gasteiger partial charge on any atom is 0.263 e. The van der Waals surface area contributed by atoms with E-state index in [0.717, 1.165) is 22.1 Å². The highest BCUT2D eigenvalue weighted by atomic mass is 79.9. The average molecular weight is 336 g/mol. The van der Waals surface area contributed by atoms with Gasteiger partial charge in [0, 0.05) is 16.7 Å². The molecule has 5 heteroatoms. The highest BCUT2D eigenvalue weighted by molar-refractivity contribution is 9.10. The lowest BCUT2D eigenvalue weighted by Gasteiger charge is -2.11. The van der Waals surface area contributed by atoms with Gasteiger partial charge in [0.25, 0.3) is 5.91 Å². The third-order valence-corrected chi connectivity index (χ3v) is 3.51. The van der Waals surface area contributed by atoms with Crippen molar-refractivity contribution in [3.05, 3.63) is 40.0 Å². The normalized spacial score (nSPS) is 12.4. The molecule has 4 nitrogen and oxygen atoms in total. The molecule has 1 atom stereocenters. The molecule has 0 aliphatic heterocycles. The molecule has 1 rings (SSSR count). The first-order valence-corrected chi connectivity index (χ1v) is 7.21. The minimum atomic E-state index is -0.363. The molecule has 1 aromatic carbocycles. The first kappa shape index (κ1) is 16.3. The van der Waals surface area contributed by atoms with E-state index in [2.05, 4.69) is 26.6 Å². The number of rotatable bonds is 5. The van der Waals surface area contributed by atoms with Crippen molar-refractivity contribution in [2.75, 3.05) is 5.32 Å². The lowest BCUT2D eigenvalue weighted by Crippen LogP contribution is -2.33. The highest BCUT2D eigenvalue weighted by Crippen LogP contribution is 2.23. The third-order valence-electron chi connectivity index (χ3n) is 2.85. The molecule has 2 N–H and O–H groups in total. The van der Waals surface area contributed by atoms with Crippen LogP contribution in [0.3, 0.4) is 0 Å². The van der Waals surface area contributed by atoms with Gasteiger partial charge in [0.05, 0.1) is 5.69 Å². The molecule has 1 aromatic rings. The Labute approximate surface area is 128 Å². The summed E-state index contributed by atoms with van der Waals surface area (Å²) in [5.41, 5.74) is 1.99. The topological polar surface area (TPSA) is 64.9 Å². The largest absolute Gasteiger partial charge is 0.359 e. The average Bonchev–Trinajstić information content (AvgIpc) is 2.41. The number of hydrogen-bond acceptors (Lipinski definition) is 3. The quantitative estimate of drug-likeness (QED) is 0.639. The first-order valence-electron chi connectivity index (χ1n) is 6.41. The van der Waals surface area contributed by atoms with E-state index in [1.165, 1.54) is 6.20 Å². The Hall–Kier alpha value is -1.80. The van der Waals surface area contributed by atoms with Crippen LogP contribution in [0.25, 0.3) is 0 Å². The van der Waals surface area contributed by atoms with Crippen LogP contribution in [0.1, 0.15) is 25.8 Å². The van der Waals surface area contributed by atoms with Crippen LogP contribution in [0.15, 0.2) is 34.4 Å². The monoisotopic (exact) mass is 335 g/mol. The molecule has 0 aliphatic rings. The summed E-state index contributed by atoms with van der Waals surface area (Å²) >= 11 is 3.43. The summed E-state index contributed by atoms with van der Waals surface area (Å²) in [6.45, 7) is 5.87. The number of carbonyl (C=O) groups is 1. The van der Waals surface area contributed by atoms with Crippen molar-refractivity contribution in [2.45, 2.75) is 33.2 Å². The molecule has 1 amide bonds. The van der Waals surface area contributed by atoms with Gasteiger partial charge in [-0.2, -0.15) is 5.26 Å². The molecule has 0 aromatic heterocycles. The molecule has 0 aliphatic carbocycles. The number of aryl methyl sites for hydroxylation is 1. The van der Waals surface area contributed by atoms with Crippen molar-refractivity contribution < 1.29 is 4.79 Å². The van der Waals surface area contributed by atoms with Gasteiger partial charge < -0.3 is 10.6 Å². The third kappa shape index (κ3) is 4.71. The van der Waals surface area contributed by atoms with Gasteiger partial charge in [0.1, 0.15) is 11.6 Å². The molecule has 0 saturated heterocycles. The van der Waals surface area contributed by atoms with Crippen LogP contribution in [0.4, 0.5) is 5.69 Å². The summed E-state index contributed by atoms with van der Waals surface area (Å²) in [6, 6.07) is 7.75. The van der Waals surface area contributed by atoms with Crippen LogP contribution in [-0.4, -0.2) is 11.9 Å². The van der Waals surface area contributed by atoms with E-state index in [0.29, 0.717) is 0 Å². The molecule has 0 spiro atoms. The number of benzene rings is 1. The first-order chi connectivity index (χ1) is 9.47. The molecule has 0 heterocycles. The Kier molecular flexibility index (Phi) is 6.26. The predicted molar refractivity (Wildman–Crippen MR) is 84.1 cm³/mol. The van der Waals surface area contributed by atoms with Gasteiger partial charge in [-0.15, -0.1) is 0 Å². The molecule has 1 unspecified atom stereocenters. The standard InChI is InChI=1S/C15H18BrN3O/c1-4-11(3)19-15(20)12(8-17)9-18-14-6-5-10(2)7-13(14)16/h5-7,9,11,18H,4H2,1-3H3,(H,19,20)/b12-9-. The fraction of sp³-hybridized carbons (Fsp3) is 0.333. The predicted octanol–water partition coefficient (Wildman–Crippen LogP) is 3.49. The second-order valence-corrected chi connectivity index (χ2v) is 5.43. The van der Waals surface area contributed by atoms with Gasteiger partial charge in [-0.05, 0) is 53.9 Å². The minimum absolute atomic E-state index is 0.0466. The summed E-state index contributed by atoms with van der Waals surface area (Å²) in [5.74, 6) is -0.363. The Balaban J connectivity index is 2.80. The lowest BCUT2D eigenvalue weighted by molar-refractivity contribution is -0.117. The number of halogens is 1. The van der Waals surface area contributed by atoms with Gasteiger partial charge in [-0.25, -0.2) is 0 Å². The van der Waals surface area contributed by atoms with Crippen LogP contribution in [-0.2, 0) is 4.79 Å². The molecule has 20 heavy (non-hydrogen) atoms. The highest BCUT2D eigenvalue weighted by Gasteiger charge is 2.11. The van der Waals surface area contributed by atoms with Crippen LogP contribution < -0.4 is 10.6 Å². The number of anilines is 1. The minimum Gasteiger partial charge on any atom is -0.359 e. The second-order valence-electron chi connectivity index (χ2n) is 4.58. The van der Waals surface area contributed by atoms with Crippen LogP contribution in [0.5, 0.6) is 0 Å². The summed E-state index contributed by atoms with van der Waals surface area (Å²) in [4.78, 5) is 11.9. The molecule has 0 bridgehead atoms. The zero-order valence-electron chi connectivity index (χ0n) is 11.8. The van der Waals surface area contributed by atoms with Crippen molar-refractivity contribution in [1.29, 1.82) is 5.26 Å². The fourth-order valence-corrected chi connectivity index (χ4v) is 2.05. The van der Waals surface area contributed by atoms with Crippen LogP contribution in [0, 0.1) is 18.3 Å². The van der Waals surface area contributed by atoms with Gasteiger partial charge in [0.2, 0.25) is 0 Å². The number of hydrogen-bond donors (Lipinski definition) is 2. The molecule has 0 radical (unpaired) electrons. The van der Waals surface area contributed by atoms with Crippen LogP contribution >= 0.6 is 15.9 Å². The summed E-state index contributed by atoms with van der Waals surface area (Å²) in [6.07, 6.45) is 2.24. The van der Waals surface area contributed by atoms with Crippen molar-refractivity contribution in [3.8, 4) is 6.07 Å². The van der Waals surface area contributed by atoms with Gasteiger partial charge in [0.15, 0.2) is 0 Å². The lowest BCUT2D eigenvalue weighted by atomic mass is 10.2. The molecular formula is C15H18BrN3O. The van der Waals surface area contributed by atoms with E-state index in [1.54, 1.807) is 0 Å². The van der Waals surface area contributed by atoms with Gasteiger partial charge in [-0.3, -0.25) is 4.79 Å². The number of nitriles is 1.